The van der Waals surface area contributed by atoms with Gasteiger partial charge in [0, 0.05) is 31.7 Å². The lowest BCUT2D eigenvalue weighted by Gasteiger charge is -2.16. The minimum atomic E-state index is -0.307. The molecule has 6 nitrogen and oxygen atoms in total. The van der Waals surface area contributed by atoms with Crippen molar-refractivity contribution in [1.29, 1.82) is 0 Å². The molecule has 0 bridgehead atoms. The van der Waals surface area contributed by atoms with E-state index in [1.165, 1.54) is 12.1 Å². The van der Waals surface area contributed by atoms with E-state index in [0.717, 1.165) is 17.7 Å². The molecule has 1 fully saturated rings. The highest BCUT2D eigenvalue weighted by Gasteiger charge is 2.28. The number of carbonyl (C=O) groups excluding carboxylic acids is 2. The van der Waals surface area contributed by atoms with E-state index in [2.05, 4.69) is 15.5 Å². The lowest BCUT2D eigenvalue weighted by molar-refractivity contribution is -0.129. The number of likely N-dealkylation sites (tertiary alicyclic amines) is 1. The van der Waals surface area contributed by atoms with Crippen LogP contribution in [0.2, 0.25) is 0 Å². The minimum absolute atomic E-state index is 0.0233. The van der Waals surface area contributed by atoms with Crippen LogP contribution in [0.25, 0.3) is 0 Å². The van der Waals surface area contributed by atoms with Crippen molar-refractivity contribution in [3.8, 4) is 0 Å². The van der Waals surface area contributed by atoms with Crippen molar-refractivity contribution in [3.05, 3.63) is 53.1 Å². The molecule has 24 heavy (non-hydrogen) atoms. The van der Waals surface area contributed by atoms with E-state index < -0.39 is 0 Å². The van der Waals surface area contributed by atoms with Crippen molar-refractivity contribution in [2.75, 3.05) is 20.1 Å². The smallest absolute Gasteiger partial charge is 0.271 e. The highest BCUT2D eigenvalue weighted by molar-refractivity contribution is 5.92. The number of nitrogens with one attached hydrogen (secondary N) is 2. The maximum absolute atomic E-state index is 12.9. The van der Waals surface area contributed by atoms with Gasteiger partial charge in [0.15, 0.2) is 0 Å². The molecule has 0 saturated carbocycles. The molecule has 2 heterocycles. The number of aromatic amines is 1. The summed E-state index contributed by atoms with van der Waals surface area (Å²) < 4.78 is 12.9. The van der Waals surface area contributed by atoms with Gasteiger partial charge in [-0.1, -0.05) is 12.1 Å². The molecule has 7 heteroatoms. The molecule has 0 aliphatic carbocycles. The van der Waals surface area contributed by atoms with Crippen LogP contribution in [-0.4, -0.2) is 47.0 Å². The van der Waals surface area contributed by atoms with Crippen molar-refractivity contribution in [3.63, 3.8) is 0 Å². The summed E-state index contributed by atoms with van der Waals surface area (Å²) in [5.41, 5.74) is 2.02. The number of carbonyl (C=O) groups is 2. The normalized spacial score (nSPS) is 17.1. The minimum Gasteiger partial charge on any atom is -0.354 e. The van der Waals surface area contributed by atoms with Crippen molar-refractivity contribution in [1.82, 2.24) is 20.4 Å². The molecule has 0 radical (unpaired) electrons. The Morgan fingerprint density at radius 3 is 2.83 bits per heavy atom. The molecular formula is C17H19FN4O2. The number of halogens is 1. The SMILES string of the molecule is CNC(=O)c1cc(C2CCN(C(=O)Cc3ccc(F)cc3)C2)[nH]n1. The van der Waals surface area contributed by atoms with Gasteiger partial charge in [0.1, 0.15) is 11.5 Å². The second-order valence-corrected chi connectivity index (χ2v) is 5.92. The number of hydrogen-bond donors (Lipinski definition) is 2. The molecule has 1 atom stereocenters. The van der Waals surface area contributed by atoms with Gasteiger partial charge in [0.2, 0.25) is 5.91 Å². The predicted octanol–water partition coefficient (Wildman–Crippen LogP) is 1.47. The molecule has 1 unspecified atom stereocenters. The van der Waals surface area contributed by atoms with Crippen LogP contribution in [0.5, 0.6) is 0 Å². The van der Waals surface area contributed by atoms with Crippen LogP contribution in [0, 0.1) is 5.82 Å². The number of nitrogens with zero attached hydrogens (tertiary/aromatic N) is 2. The molecular weight excluding hydrogens is 311 g/mol. The highest BCUT2D eigenvalue weighted by Crippen LogP contribution is 2.26. The zero-order valence-electron chi connectivity index (χ0n) is 13.4. The van der Waals surface area contributed by atoms with Crippen LogP contribution in [0.4, 0.5) is 4.39 Å². The molecule has 2 amide bonds. The van der Waals surface area contributed by atoms with Crippen LogP contribution in [0.1, 0.15) is 34.1 Å². The van der Waals surface area contributed by atoms with Crippen molar-refractivity contribution < 1.29 is 14.0 Å². The first-order chi connectivity index (χ1) is 11.6. The van der Waals surface area contributed by atoms with E-state index >= 15 is 0 Å². The van der Waals surface area contributed by atoms with Crippen LogP contribution in [0.3, 0.4) is 0 Å². The predicted molar refractivity (Wildman–Crippen MR) is 86.0 cm³/mol. The second-order valence-electron chi connectivity index (χ2n) is 5.92. The summed E-state index contributed by atoms with van der Waals surface area (Å²) in [6.45, 7) is 1.26. The Morgan fingerprint density at radius 1 is 1.38 bits per heavy atom. The number of aromatic nitrogens is 2. The summed E-state index contributed by atoms with van der Waals surface area (Å²) in [6, 6.07) is 7.72. The molecule has 1 saturated heterocycles. The zero-order valence-corrected chi connectivity index (χ0v) is 13.4. The van der Waals surface area contributed by atoms with Gasteiger partial charge in [0.05, 0.1) is 6.42 Å². The molecule has 1 aromatic heterocycles. The number of H-pyrrole nitrogens is 1. The number of benzene rings is 1. The topological polar surface area (TPSA) is 78.1 Å². The average molecular weight is 330 g/mol. The Morgan fingerprint density at radius 2 is 2.12 bits per heavy atom. The maximum Gasteiger partial charge on any atom is 0.271 e. The Bertz CT molecular complexity index is 741. The van der Waals surface area contributed by atoms with E-state index in [1.807, 2.05) is 0 Å². The Hall–Kier alpha value is -2.70. The van der Waals surface area contributed by atoms with Crippen LogP contribution in [0.15, 0.2) is 30.3 Å². The molecule has 2 N–H and O–H groups in total. The Balaban J connectivity index is 1.60. The van der Waals surface area contributed by atoms with E-state index in [1.54, 1.807) is 30.1 Å². The molecule has 1 aromatic carbocycles. The fourth-order valence-corrected chi connectivity index (χ4v) is 2.92. The number of hydrogen-bond acceptors (Lipinski definition) is 3. The highest BCUT2D eigenvalue weighted by atomic mass is 19.1. The summed E-state index contributed by atoms with van der Waals surface area (Å²) in [5, 5.41) is 9.42. The fraction of sp³-hybridized carbons (Fsp3) is 0.353. The lowest BCUT2D eigenvalue weighted by Crippen LogP contribution is -2.29. The third kappa shape index (κ3) is 3.45. The van der Waals surface area contributed by atoms with E-state index in [9.17, 15) is 14.0 Å². The van der Waals surface area contributed by atoms with Gasteiger partial charge in [0.25, 0.3) is 5.91 Å². The van der Waals surface area contributed by atoms with Crippen molar-refractivity contribution >= 4 is 11.8 Å². The Kier molecular flexibility index (Phi) is 4.59. The van der Waals surface area contributed by atoms with E-state index in [4.69, 9.17) is 0 Å². The number of rotatable bonds is 4. The molecule has 2 aromatic rings. The monoisotopic (exact) mass is 330 g/mol. The lowest BCUT2D eigenvalue weighted by atomic mass is 10.0. The second kappa shape index (κ2) is 6.82. The Labute approximate surface area is 139 Å². The molecule has 0 spiro atoms. The summed E-state index contributed by atoms with van der Waals surface area (Å²) in [5.74, 6) is -0.374. The maximum atomic E-state index is 12.9. The van der Waals surface area contributed by atoms with Gasteiger partial charge in [-0.3, -0.25) is 14.7 Å². The third-order valence-electron chi connectivity index (χ3n) is 4.31. The van der Waals surface area contributed by atoms with Crippen molar-refractivity contribution in [2.45, 2.75) is 18.8 Å². The van der Waals surface area contributed by atoms with Gasteiger partial charge < -0.3 is 10.2 Å². The van der Waals surface area contributed by atoms with Gasteiger partial charge in [-0.25, -0.2) is 4.39 Å². The van der Waals surface area contributed by atoms with Crippen LogP contribution < -0.4 is 5.32 Å². The molecule has 126 valence electrons. The van der Waals surface area contributed by atoms with E-state index in [-0.39, 0.29) is 30.0 Å². The quantitative estimate of drug-likeness (QED) is 0.891. The van der Waals surface area contributed by atoms with Gasteiger partial charge >= 0.3 is 0 Å². The number of amides is 2. The summed E-state index contributed by atoms with van der Waals surface area (Å²) in [4.78, 5) is 25.7. The van der Waals surface area contributed by atoms with E-state index in [0.29, 0.717) is 18.8 Å². The van der Waals surface area contributed by atoms with Gasteiger partial charge in [-0.05, 0) is 30.2 Å². The summed E-state index contributed by atoms with van der Waals surface area (Å²) in [7, 11) is 1.56. The van der Waals surface area contributed by atoms with Crippen molar-refractivity contribution in [2.24, 2.45) is 0 Å². The molecule has 3 rings (SSSR count). The largest absolute Gasteiger partial charge is 0.354 e. The average Bonchev–Trinajstić information content (AvgIpc) is 3.25. The van der Waals surface area contributed by atoms with Gasteiger partial charge in [-0.15, -0.1) is 0 Å². The van der Waals surface area contributed by atoms with Gasteiger partial charge in [-0.2, -0.15) is 5.10 Å². The van der Waals surface area contributed by atoms with Crippen LogP contribution >= 0.6 is 0 Å². The summed E-state index contributed by atoms with van der Waals surface area (Å²) >= 11 is 0. The standard InChI is InChI=1S/C17H19FN4O2/c1-19-17(24)15-9-14(20-21-15)12-6-7-22(10-12)16(23)8-11-2-4-13(18)5-3-11/h2-5,9,12H,6-8,10H2,1H3,(H,19,24)(H,20,21). The fourth-order valence-electron chi connectivity index (χ4n) is 2.92. The first-order valence-corrected chi connectivity index (χ1v) is 7.86. The summed E-state index contributed by atoms with van der Waals surface area (Å²) in [6.07, 6.45) is 1.09. The molecule has 1 aliphatic heterocycles. The molecule has 1 aliphatic rings. The third-order valence-corrected chi connectivity index (χ3v) is 4.31. The van der Waals surface area contributed by atoms with Crippen LogP contribution in [-0.2, 0) is 11.2 Å². The first kappa shape index (κ1) is 16.2. The first-order valence-electron chi connectivity index (χ1n) is 7.86. The zero-order chi connectivity index (χ0) is 17.1.